The van der Waals surface area contributed by atoms with Gasteiger partial charge in [0.2, 0.25) is 0 Å². The highest BCUT2D eigenvalue weighted by Gasteiger charge is 2.35. The number of carbonyl (C=O) groups is 1. The molecule has 0 aromatic heterocycles. The summed E-state index contributed by atoms with van der Waals surface area (Å²) in [6.45, 7) is 5.92. The first-order valence-electron chi connectivity index (χ1n) is 7.00. The maximum atomic E-state index is 12.8. The van der Waals surface area contributed by atoms with E-state index in [1.165, 1.54) is 5.56 Å². The fourth-order valence-corrected chi connectivity index (χ4v) is 3.28. The van der Waals surface area contributed by atoms with Crippen LogP contribution in [0.2, 0.25) is 0 Å². The van der Waals surface area contributed by atoms with Crippen molar-refractivity contribution in [3.05, 3.63) is 22.8 Å². The van der Waals surface area contributed by atoms with Gasteiger partial charge in [0.1, 0.15) is 0 Å². The number of anilines is 2. The Hall–Kier alpha value is -1.71. The normalized spacial score (nSPS) is 21.5. The minimum absolute atomic E-state index is 0.176. The zero-order valence-electron chi connectivity index (χ0n) is 11.8. The molecule has 1 amide bonds. The Morgan fingerprint density at radius 3 is 2.95 bits per heavy atom. The van der Waals surface area contributed by atoms with Gasteiger partial charge >= 0.3 is 0 Å². The summed E-state index contributed by atoms with van der Waals surface area (Å²) in [7, 11) is 1.89. The van der Waals surface area contributed by atoms with Crippen LogP contribution in [0.3, 0.4) is 0 Å². The number of amides is 1. The summed E-state index contributed by atoms with van der Waals surface area (Å²) in [5.74, 6) is 0.176. The highest BCUT2D eigenvalue weighted by atomic mass is 16.2. The molecule has 102 valence electrons. The van der Waals surface area contributed by atoms with Gasteiger partial charge in [-0.15, -0.1) is 0 Å². The molecule has 0 saturated carbocycles. The van der Waals surface area contributed by atoms with E-state index in [4.69, 9.17) is 0 Å². The minimum atomic E-state index is 0.176. The van der Waals surface area contributed by atoms with E-state index in [1.807, 2.05) is 11.9 Å². The van der Waals surface area contributed by atoms with Crippen molar-refractivity contribution in [2.24, 2.45) is 0 Å². The summed E-state index contributed by atoms with van der Waals surface area (Å²) in [6, 6.07) is 2.45. The van der Waals surface area contributed by atoms with E-state index in [0.29, 0.717) is 6.04 Å². The molecule has 1 aromatic rings. The lowest BCUT2D eigenvalue weighted by atomic mass is 9.99. The van der Waals surface area contributed by atoms with E-state index in [1.54, 1.807) is 0 Å². The number of benzene rings is 1. The maximum absolute atomic E-state index is 12.8. The van der Waals surface area contributed by atoms with E-state index in [9.17, 15) is 4.79 Å². The smallest absolute Gasteiger partial charge is 0.258 e. The van der Waals surface area contributed by atoms with Gasteiger partial charge in [-0.25, -0.2) is 0 Å². The van der Waals surface area contributed by atoms with Crippen LogP contribution in [0.4, 0.5) is 11.4 Å². The van der Waals surface area contributed by atoms with Crippen LogP contribution in [-0.4, -0.2) is 37.0 Å². The first-order chi connectivity index (χ1) is 9.13. The molecule has 1 fully saturated rings. The van der Waals surface area contributed by atoms with Crippen molar-refractivity contribution in [1.29, 1.82) is 0 Å². The topological polar surface area (TPSA) is 44.4 Å². The Balaban J connectivity index is 2.17. The molecule has 4 nitrogen and oxygen atoms in total. The molecule has 0 bridgehead atoms. The molecule has 1 atom stereocenters. The minimum Gasteiger partial charge on any atom is -0.387 e. The van der Waals surface area contributed by atoms with Crippen LogP contribution >= 0.6 is 0 Å². The molecule has 1 saturated heterocycles. The lowest BCUT2D eigenvalue weighted by molar-refractivity contribution is 0.0751. The van der Waals surface area contributed by atoms with Gasteiger partial charge in [-0.1, -0.05) is 0 Å². The van der Waals surface area contributed by atoms with E-state index in [2.05, 4.69) is 30.5 Å². The molecular weight excluding hydrogens is 238 g/mol. The zero-order valence-corrected chi connectivity index (χ0v) is 11.8. The predicted molar refractivity (Wildman–Crippen MR) is 78.0 cm³/mol. The second-order valence-electron chi connectivity index (χ2n) is 5.54. The molecule has 4 heteroatoms. The fraction of sp³-hybridized carbons (Fsp3) is 0.533. The fourth-order valence-electron chi connectivity index (χ4n) is 3.28. The summed E-state index contributed by atoms with van der Waals surface area (Å²) in [5.41, 5.74) is 5.14. The second kappa shape index (κ2) is 4.44. The number of rotatable bonds is 1. The maximum Gasteiger partial charge on any atom is 0.258 e. The van der Waals surface area contributed by atoms with Gasteiger partial charge in [0.05, 0.1) is 11.3 Å². The predicted octanol–water partition coefficient (Wildman–Crippen LogP) is 2.38. The number of fused-ring (bicyclic) bond motifs is 2. The van der Waals surface area contributed by atoms with Crippen LogP contribution in [0.15, 0.2) is 6.07 Å². The van der Waals surface area contributed by atoms with Crippen molar-refractivity contribution in [3.8, 4) is 0 Å². The second-order valence-corrected chi connectivity index (χ2v) is 5.54. The molecule has 1 aromatic carbocycles. The first-order valence-corrected chi connectivity index (χ1v) is 7.00. The SMILES string of the molecule is CNc1c(C)c(C)cc2c1C(=O)N1CCCC1CN2. The molecule has 0 spiro atoms. The van der Waals surface area contributed by atoms with Gasteiger partial charge in [-0.3, -0.25) is 4.79 Å². The van der Waals surface area contributed by atoms with Crippen molar-refractivity contribution in [2.75, 3.05) is 30.8 Å². The molecule has 1 unspecified atom stereocenters. The van der Waals surface area contributed by atoms with Gasteiger partial charge in [0.15, 0.2) is 0 Å². The van der Waals surface area contributed by atoms with Crippen molar-refractivity contribution >= 4 is 17.3 Å². The van der Waals surface area contributed by atoms with E-state index in [0.717, 1.165) is 48.4 Å². The van der Waals surface area contributed by atoms with Crippen molar-refractivity contribution in [2.45, 2.75) is 32.7 Å². The van der Waals surface area contributed by atoms with Gasteiger partial charge in [-0.05, 0) is 43.9 Å². The Kier molecular flexibility index (Phi) is 2.88. The third-order valence-corrected chi connectivity index (χ3v) is 4.48. The summed E-state index contributed by atoms with van der Waals surface area (Å²) in [6.07, 6.45) is 2.23. The summed E-state index contributed by atoms with van der Waals surface area (Å²) in [4.78, 5) is 14.8. The van der Waals surface area contributed by atoms with Crippen LogP contribution in [0.25, 0.3) is 0 Å². The van der Waals surface area contributed by atoms with Crippen molar-refractivity contribution in [1.82, 2.24) is 4.90 Å². The van der Waals surface area contributed by atoms with Gasteiger partial charge in [-0.2, -0.15) is 0 Å². The first kappa shape index (κ1) is 12.3. The zero-order chi connectivity index (χ0) is 13.6. The Bertz CT molecular complexity index is 539. The highest BCUT2D eigenvalue weighted by molar-refractivity contribution is 6.06. The number of hydrogen-bond acceptors (Lipinski definition) is 3. The average Bonchev–Trinajstić information content (AvgIpc) is 2.82. The third kappa shape index (κ3) is 1.78. The molecule has 19 heavy (non-hydrogen) atoms. The number of aryl methyl sites for hydroxylation is 1. The lowest BCUT2D eigenvalue weighted by Gasteiger charge is -2.22. The average molecular weight is 259 g/mol. The van der Waals surface area contributed by atoms with Gasteiger partial charge in [0, 0.05) is 31.9 Å². The number of nitrogens with zero attached hydrogens (tertiary/aromatic N) is 1. The standard InChI is InChI=1S/C15H21N3O/c1-9-7-12-13(14(16-3)10(9)2)15(19)18-6-4-5-11(18)8-17-12/h7,11,16-17H,4-6,8H2,1-3H3. The summed E-state index contributed by atoms with van der Waals surface area (Å²) in [5, 5.41) is 6.68. The van der Waals surface area contributed by atoms with Crippen LogP contribution in [0.5, 0.6) is 0 Å². The Morgan fingerprint density at radius 2 is 2.21 bits per heavy atom. The largest absolute Gasteiger partial charge is 0.387 e. The van der Waals surface area contributed by atoms with E-state index in [-0.39, 0.29) is 5.91 Å². The molecule has 3 rings (SSSR count). The van der Waals surface area contributed by atoms with E-state index < -0.39 is 0 Å². The van der Waals surface area contributed by atoms with Gasteiger partial charge < -0.3 is 15.5 Å². The van der Waals surface area contributed by atoms with Crippen LogP contribution < -0.4 is 10.6 Å². The molecule has 0 aliphatic carbocycles. The molecular formula is C15H21N3O. The summed E-state index contributed by atoms with van der Waals surface area (Å²) >= 11 is 0. The number of nitrogens with one attached hydrogen (secondary N) is 2. The molecule has 0 radical (unpaired) electrons. The van der Waals surface area contributed by atoms with Crippen molar-refractivity contribution < 1.29 is 4.79 Å². The van der Waals surface area contributed by atoms with Crippen molar-refractivity contribution in [3.63, 3.8) is 0 Å². The summed E-state index contributed by atoms with van der Waals surface area (Å²) < 4.78 is 0. The van der Waals surface area contributed by atoms with Gasteiger partial charge in [0.25, 0.3) is 5.91 Å². The Labute approximate surface area is 114 Å². The van der Waals surface area contributed by atoms with Crippen LogP contribution in [0.1, 0.15) is 34.3 Å². The number of hydrogen-bond donors (Lipinski definition) is 2. The molecule has 2 heterocycles. The monoisotopic (exact) mass is 259 g/mol. The van der Waals surface area contributed by atoms with E-state index >= 15 is 0 Å². The molecule has 2 aliphatic heterocycles. The molecule has 2 N–H and O–H groups in total. The highest BCUT2D eigenvalue weighted by Crippen LogP contribution is 2.35. The lowest BCUT2D eigenvalue weighted by Crippen LogP contribution is -2.37. The van der Waals surface area contributed by atoms with Crippen LogP contribution in [0, 0.1) is 13.8 Å². The Morgan fingerprint density at radius 1 is 1.42 bits per heavy atom. The van der Waals surface area contributed by atoms with Crippen LogP contribution in [-0.2, 0) is 0 Å². The molecule has 2 aliphatic rings. The quantitative estimate of drug-likeness (QED) is 0.814. The third-order valence-electron chi connectivity index (χ3n) is 4.48. The number of carbonyl (C=O) groups excluding carboxylic acids is 1.